The molecule has 0 aromatic carbocycles. The van der Waals surface area contributed by atoms with Crippen LogP contribution < -0.4 is 0 Å². The van der Waals surface area contributed by atoms with Crippen LogP contribution in [0.2, 0.25) is 0 Å². The van der Waals surface area contributed by atoms with Gasteiger partial charge in [0.1, 0.15) is 0 Å². The summed E-state index contributed by atoms with van der Waals surface area (Å²) in [6.07, 6.45) is 7.76. The second-order valence-electron chi connectivity index (χ2n) is 8.62. The minimum Gasteiger partial charge on any atom is -0.342 e. The van der Waals surface area contributed by atoms with Gasteiger partial charge in [0.15, 0.2) is 0 Å². The number of hydrogen-bond donors (Lipinski definition) is 0. The quantitative estimate of drug-likeness (QED) is 0.812. The van der Waals surface area contributed by atoms with Crippen LogP contribution in [0.5, 0.6) is 0 Å². The van der Waals surface area contributed by atoms with Gasteiger partial charge in [-0.1, -0.05) is 6.92 Å². The molecule has 142 valence electrons. The summed E-state index contributed by atoms with van der Waals surface area (Å²) in [4.78, 5) is 34.4. The van der Waals surface area contributed by atoms with E-state index in [1.807, 2.05) is 18.2 Å². The molecule has 0 bridgehead atoms. The molecule has 6 nitrogen and oxygen atoms in total. The van der Waals surface area contributed by atoms with Gasteiger partial charge >= 0.3 is 0 Å². The van der Waals surface area contributed by atoms with Crippen LogP contribution in [0.1, 0.15) is 64.1 Å². The minimum absolute atomic E-state index is 0.00898. The molecular formula is C20H30N4O2. The van der Waals surface area contributed by atoms with Crippen molar-refractivity contribution in [3.05, 3.63) is 18.2 Å². The van der Waals surface area contributed by atoms with Gasteiger partial charge in [-0.2, -0.15) is 0 Å². The van der Waals surface area contributed by atoms with Gasteiger partial charge in [0.25, 0.3) is 0 Å². The minimum atomic E-state index is -0.476. The summed E-state index contributed by atoms with van der Waals surface area (Å²) in [7, 11) is 0. The molecule has 2 saturated heterocycles. The first kappa shape index (κ1) is 17.6. The van der Waals surface area contributed by atoms with E-state index in [0.717, 1.165) is 25.2 Å². The molecule has 0 radical (unpaired) electrons. The molecule has 1 spiro atoms. The van der Waals surface area contributed by atoms with Crippen LogP contribution in [0.15, 0.2) is 12.5 Å². The third-order valence-corrected chi connectivity index (χ3v) is 6.49. The number of carbonyl (C=O) groups excluding carboxylic acids is 2. The molecule has 2 atom stereocenters. The second-order valence-corrected chi connectivity index (χ2v) is 8.62. The van der Waals surface area contributed by atoms with Crippen molar-refractivity contribution in [2.75, 3.05) is 26.2 Å². The molecule has 6 heteroatoms. The lowest BCUT2D eigenvalue weighted by Crippen LogP contribution is -2.41. The average molecular weight is 358 g/mol. The zero-order chi connectivity index (χ0) is 18.5. The van der Waals surface area contributed by atoms with E-state index in [2.05, 4.69) is 34.5 Å². The molecule has 2 aliphatic heterocycles. The van der Waals surface area contributed by atoms with E-state index >= 15 is 0 Å². The third kappa shape index (κ3) is 2.83. The van der Waals surface area contributed by atoms with Crippen LogP contribution in [0.3, 0.4) is 0 Å². The molecule has 3 aliphatic rings. The van der Waals surface area contributed by atoms with E-state index in [1.54, 1.807) is 0 Å². The summed E-state index contributed by atoms with van der Waals surface area (Å²) in [6, 6.07) is 0.340. The largest absolute Gasteiger partial charge is 0.342 e. The molecule has 3 heterocycles. The predicted molar refractivity (Wildman–Crippen MR) is 98.6 cm³/mol. The Morgan fingerprint density at radius 3 is 2.77 bits per heavy atom. The van der Waals surface area contributed by atoms with Crippen molar-refractivity contribution in [1.82, 2.24) is 19.4 Å². The first-order valence-electron chi connectivity index (χ1n) is 10.0. The number of hydrogen-bond acceptors (Lipinski definition) is 3. The van der Waals surface area contributed by atoms with E-state index in [0.29, 0.717) is 31.5 Å². The summed E-state index contributed by atoms with van der Waals surface area (Å²) in [5.41, 5.74) is 0.488. The Labute approximate surface area is 155 Å². The fourth-order valence-electron chi connectivity index (χ4n) is 4.63. The normalized spacial score (nSPS) is 28.8. The van der Waals surface area contributed by atoms with Crippen LogP contribution >= 0.6 is 0 Å². The number of imidazole rings is 1. The standard InChI is InChI=1S/C20H30N4O2/c1-4-18(25)23-10-16(17-11-24(13-21-17)14(2)3)20(12-23)7-8-22(19(20)26)9-15-5-6-15/h11,13-16H,4-10,12H2,1-3H3/t16-,20+/m1/s1. The fraction of sp³-hybridized carbons (Fsp3) is 0.750. The molecule has 0 N–H and O–H groups in total. The first-order chi connectivity index (χ1) is 12.4. The fourth-order valence-corrected chi connectivity index (χ4v) is 4.63. The highest BCUT2D eigenvalue weighted by Gasteiger charge is 2.58. The first-order valence-corrected chi connectivity index (χ1v) is 10.0. The Kier molecular flexibility index (Phi) is 4.32. The van der Waals surface area contributed by atoms with E-state index < -0.39 is 5.41 Å². The molecule has 1 aromatic heterocycles. The van der Waals surface area contributed by atoms with Crippen LogP contribution in [0.4, 0.5) is 0 Å². The smallest absolute Gasteiger partial charge is 0.231 e. The molecule has 2 amide bonds. The third-order valence-electron chi connectivity index (χ3n) is 6.49. The van der Waals surface area contributed by atoms with Crippen molar-refractivity contribution in [3.8, 4) is 0 Å². The zero-order valence-electron chi connectivity index (χ0n) is 16.1. The highest BCUT2D eigenvalue weighted by Crippen LogP contribution is 2.50. The highest BCUT2D eigenvalue weighted by molar-refractivity contribution is 5.88. The predicted octanol–water partition coefficient (Wildman–Crippen LogP) is 2.43. The van der Waals surface area contributed by atoms with Crippen LogP contribution in [-0.4, -0.2) is 57.3 Å². The maximum absolute atomic E-state index is 13.4. The Bertz CT molecular complexity index is 708. The SMILES string of the molecule is CCC(=O)N1C[C@H](c2cn(C(C)C)cn2)[C@]2(CCN(CC3CC3)C2=O)C1. The van der Waals surface area contributed by atoms with Gasteiger partial charge in [0.05, 0.1) is 17.4 Å². The summed E-state index contributed by atoms with van der Waals surface area (Å²) < 4.78 is 2.09. The van der Waals surface area contributed by atoms with E-state index in [1.165, 1.54) is 12.8 Å². The summed E-state index contributed by atoms with van der Waals surface area (Å²) in [5.74, 6) is 1.10. The van der Waals surface area contributed by atoms with Gasteiger partial charge in [0, 0.05) is 50.8 Å². The van der Waals surface area contributed by atoms with Gasteiger partial charge in [-0.05, 0) is 39.0 Å². The summed E-state index contributed by atoms with van der Waals surface area (Å²) in [6.45, 7) is 9.04. The zero-order valence-corrected chi connectivity index (χ0v) is 16.1. The van der Waals surface area contributed by atoms with Gasteiger partial charge < -0.3 is 14.4 Å². The highest BCUT2D eigenvalue weighted by atomic mass is 16.2. The molecule has 4 rings (SSSR count). The van der Waals surface area contributed by atoms with Gasteiger partial charge in [0.2, 0.25) is 11.8 Å². The van der Waals surface area contributed by atoms with E-state index in [4.69, 9.17) is 0 Å². The van der Waals surface area contributed by atoms with Crippen molar-refractivity contribution < 1.29 is 9.59 Å². The Hall–Kier alpha value is -1.85. The number of aromatic nitrogens is 2. The molecule has 26 heavy (non-hydrogen) atoms. The molecule has 1 saturated carbocycles. The van der Waals surface area contributed by atoms with E-state index in [-0.39, 0.29) is 17.7 Å². The van der Waals surface area contributed by atoms with Crippen molar-refractivity contribution in [1.29, 1.82) is 0 Å². The van der Waals surface area contributed by atoms with Crippen LogP contribution in [0, 0.1) is 11.3 Å². The number of amides is 2. The van der Waals surface area contributed by atoms with Crippen molar-refractivity contribution in [2.24, 2.45) is 11.3 Å². The number of carbonyl (C=O) groups is 2. The lowest BCUT2D eigenvalue weighted by molar-refractivity contribution is -0.137. The number of nitrogens with zero attached hydrogens (tertiary/aromatic N) is 4. The lowest BCUT2D eigenvalue weighted by atomic mass is 9.75. The van der Waals surface area contributed by atoms with Gasteiger partial charge in [-0.25, -0.2) is 4.98 Å². The molecule has 1 aromatic rings. The maximum Gasteiger partial charge on any atom is 0.231 e. The second kappa shape index (κ2) is 6.39. The molecule has 3 fully saturated rings. The Morgan fingerprint density at radius 1 is 1.38 bits per heavy atom. The van der Waals surface area contributed by atoms with E-state index in [9.17, 15) is 9.59 Å². The topological polar surface area (TPSA) is 58.4 Å². The monoisotopic (exact) mass is 358 g/mol. The molecule has 1 aliphatic carbocycles. The number of likely N-dealkylation sites (tertiary alicyclic amines) is 2. The van der Waals surface area contributed by atoms with Crippen LogP contribution in [-0.2, 0) is 9.59 Å². The Morgan fingerprint density at radius 2 is 2.15 bits per heavy atom. The van der Waals surface area contributed by atoms with Gasteiger partial charge in [-0.3, -0.25) is 9.59 Å². The lowest BCUT2D eigenvalue weighted by Gasteiger charge is -2.27. The van der Waals surface area contributed by atoms with Gasteiger partial charge in [-0.15, -0.1) is 0 Å². The van der Waals surface area contributed by atoms with Crippen LogP contribution in [0.25, 0.3) is 0 Å². The maximum atomic E-state index is 13.4. The van der Waals surface area contributed by atoms with Crippen molar-refractivity contribution in [2.45, 2.75) is 58.4 Å². The van der Waals surface area contributed by atoms with Crippen molar-refractivity contribution in [3.63, 3.8) is 0 Å². The molecular weight excluding hydrogens is 328 g/mol. The average Bonchev–Trinajstić information content (AvgIpc) is 3.06. The Balaban J connectivity index is 1.64. The summed E-state index contributed by atoms with van der Waals surface area (Å²) >= 11 is 0. The number of rotatable bonds is 5. The molecule has 0 unspecified atom stereocenters. The van der Waals surface area contributed by atoms with Crippen molar-refractivity contribution >= 4 is 11.8 Å². The summed E-state index contributed by atoms with van der Waals surface area (Å²) in [5, 5.41) is 0.